The average Bonchev–Trinajstić information content (AvgIpc) is 2.76. The molecular weight excluding hydrogens is 482 g/mol. The van der Waals surface area contributed by atoms with Crippen molar-refractivity contribution in [3.05, 3.63) is 48.0 Å². The Morgan fingerprint density at radius 3 is 2.21 bits per heavy atom. The molecule has 0 aliphatic rings. The molecule has 0 saturated carbocycles. The first-order valence-electron chi connectivity index (χ1n) is 10.4. The average molecular weight is 514 g/mol. The third-order valence-electron chi connectivity index (χ3n) is 4.93. The zero-order valence-corrected chi connectivity index (χ0v) is 21.7. The molecule has 34 heavy (non-hydrogen) atoms. The summed E-state index contributed by atoms with van der Waals surface area (Å²) in [6, 6.07) is 9.96. The van der Waals surface area contributed by atoms with E-state index in [4.69, 9.17) is 9.47 Å². The van der Waals surface area contributed by atoms with Crippen molar-refractivity contribution in [2.75, 3.05) is 44.9 Å². The van der Waals surface area contributed by atoms with Crippen molar-refractivity contribution < 1.29 is 31.1 Å². The quantitative estimate of drug-likeness (QED) is 0.453. The minimum absolute atomic E-state index is 0.102. The van der Waals surface area contributed by atoms with Crippen LogP contribution in [0.4, 0.5) is 5.69 Å². The van der Waals surface area contributed by atoms with Crippen LogP contribution in [0.3, 0.4) is 0 Å². The second-order valence-electron chi connectivity index (χ2n) is 7.81. The van der Waals surface area contributed by atoms with Crippen LogP contribution >= 0.6 is 0 Å². The minimum Gasteiger partial charge on any atom is -0.495 e. The molecule has 1 amide bonds. The smallest absolute Gasteiger partial charge is 0.243 e. The molecule has 1 atom stereocenters. The molecule has 0 unspecified atom stereocenters. The molecule has 10 nitrogen and oxygen atoms in total. The normalized spacial score (nSPS) is 12.8. The molecule has 0 bridgehead atoms. The number of amides is 1. The largest absolute Gasteiger partial charge is 0.495 e. The molecule has 12 heteroatoms. The fraction of sp³-hybridized carbons (Fsp3) is 0.409. The summed E-state index contributed by atoms with van der Waals surface area (Å²) in [6.07, 6.45) is 1.03. The van der Waals surface area contributed by atoms with E-state index in [1.807, 2.05) is 6.92 Å². The number of benzene rings is 2. The van der Waals surface area contributed by atoms with Gasteiger partial charge in [-0.3, -0.25) is 9.10 Å². The lowest BCUT2D eigenvalue weighted by Crippen LogP contribution is -2.48. The highest BCUT2D eigenvalue weighted by Crippen LogP contribution is 2.32. The summed E-state index contributed by atoms with van der Waals surface area (Å²) < 4.78 is 62.3. The number of hydrogen-bond acceptors (Lipinski definition) is 7. The third-order valence-corrected chi connectivity index (χ3v) is 7.99. The van der Waals surface area contributed by atoms with Crippen LogP contribution in [0, 0.1) is 6.92 Å². The van der Waals surface area contributed by atoms with E-state index in [1.54, 1.807) is 18.2 Å². The van der Waals surface area contributed by atoms with Crippen molar-refractivity contribution in [2.45, 2.75) is 24.8 Å². The fourth-order valence-electron chi connectivity index (χ4n) is 3.16. The number of anilines is 1. The van der Waals surface area contributed by atoms with Gasteiger partial charge in [-0.1, -0.05) is 6.07 Å². The molecule has 2 rings (SSSR count). The van der Waals surface area contributed by atoms with Crippen LogP contribution in [0.25, 0.3) is 0 Å². The van der Waals surface area contributed by atoms with Gasteiger partial charge < -0.3 is 14.8 Å². The maximum Gasteiger partial charge on any atom is 0.243 e. The third kappa shape index (κ3) is 6.61. The van der Waals surface area contributed by atoms with Gasteiger partial charge in [0, 0.05) is 14.1 Å². The number of nitrogens with one attached hydrogen (secondary N) is 1. The lowest BCUT2D eigenvalue weighted by molar-refractivity contribution is -0.121. The highest BCUT2D eigenvalue weighted by Gasteiger charge is 2.31. The van der Waals surface area contributed by atoms with Crippen LogP contribution in [-0.2, 0) is 24.8 Å². The maximum absolute atomic E-state index is 12.7. The monoisotopic (exact) mass is 513 g/mol. The van der Waals surface area contributed by atoms with E-state index < -0.39 is 32.0 Å². The van der Waals surface area contributed by atoms with Gasteiger partial charge in [-0.25, -0.2) is 21.1 Å². The van der Waals surface area contributed by atoms with Crippen LogP contribution in [0.2, 0.25) is 0 Å². The van der Waals surface area contributed by atoms with E-state index in [0.717, 1.165) is 20.4 Å². The predicted octanol–water partition coefficient (Wildman–Crippen LogP) is 1.60. The summed E-state index contributed by atoms with van der Waals surface area (Å²) in [7, 11) is -3.01. The Labute approximate surface area is 201 Å². The van der Waals surface area contributed by atoms with Crippen LogP contribution < -0.4 is 19.1 Å². The molecule has 0 spiro atoms. The molecule has 0 aliphatic carbocycles. The van der Waals surface area contributed by atoms with E-state index in [-0.39, 0.29) is 23.7 Å². The van der Waals surface area contributed by atoms with Crippen LogP contribution in [0.15, 0.2) is 47.4 Å². The lowest BCUT2D eigenvalue weighted by Gasteiger charge is -2.29. The zero-order chi connectivity index (χ0) is 25.7. The number of hydrogen-bond donors (Lipinski definition) is 1. The van der Waals surface area contributed by atoms with Crippen molar-refractivity contribution in [3.8, 4) is 11.5 Å². The summed E-state index contributed by atoms with van der Waals surface area (Å²) in [5, 5.41) is 2.66. The van der Waals surface area contributed by atoms with Crippen LogP contribution in [0.1, 0.15) is 12.5 Å². The summed E-state index contributed by atoms with van der Waals surface area (Å²) in [5.74, 6) is 0.256. The molecule has 0 aromatic heterocycles. The highest BCUT2D eigenvalue weighted by molar-refractivity contribution is 7.92. The van der Waals surface area contributed by atoms with Gasteiger partial charge in [0.15, 0.2) is 0 Å². The predicted molar refractivity (Wildman–Crippen MR) is 130 cm³/mol. The number of ether oxygens (including phenoxy) is 2. The van der Waals surface area contributed by atoms with Gasteiger partial charge in [0.25, 0.3) is 0 Å². The summed E-state index contributed by atoms with van der Waals surface area (Å²) in [5.41, 5.74) is 1.09. The van der Waals surface area contributed by atoms with Crippen molar-refractivity contribution in [3.63, 3.8) is 0 Å². The Morgan fingerprint density at radius 1 is 1.06 bits per heavy atom. The molecule has 0 saturated heterocycles. The maximum atomic E-state index is 12.7. The molecule has 0 radical (unpaired) electrons. The number of nitrogens with zero attached hydrogens (tertiary/aromatic N) is 2. The standard InChI is InChI=1S/C22H31N3O7S2/c1-16-7-12-21(31-5)20(15-16)25(33(6,27)28)17(2)22(26)23-13-14-32-18-8-10-19(11-9-18)34(29,30)24(3)4/h7-12,15,17H,13-14H2,1-6H3,(H,23,26)/t17-/m1/s1. The van der Waals surface area contributed by atoms with Crippen molar-refractivity contribution >= 4 is 31.6 Å². The van der Waals surface area contributed by atoms with Gasteiger partial charge >= 0.3 is 0 Å². The minimum atomic E-state index is -3.80. The summed E-state index contributed by atoms with van der Waals surface area (Å²) >= 11 is 0. The Balaban J connectivity index is 2.03. The SMILES string of the molecule is COc1ccc(C)cc1N([C@H](C)C(=O)NCCOc1ccc(S(=O)(=O)N(C)C)cc1)S(C)(=O)=O. The van der Waals surface area contributed by atoms with Gasteiger partial charge in [-0.15, -0.1) is 0 Å². The van der Waals surface area contributed by atoms with Crippen LogP contribution in [-0.4, -0.2) is 73.7 Å². The van der Waals surface area contributed by atoms with Crippen LogP contribution in [0.5, 0.6) is 11.5 Å². The van der Waals surface area contributed by atoms with Crippen molar-refractivity contribution in [1.82, 2.24) is 9.62 Å². The Morgan fingerprint density at radius 2 is 1.68 bits per heavy atom. The summed E-state index contributed by atoms with van der Waals surface area (Å²) in [4.78, 5) is 12.9. The number of rotatable bonds is 11. The molecular formula is C22H31N3O7S2. The number of aryl methyl sites for hydroxylation is 1. The van der Waals surface area contributed by atoms with Gasteiger partial charge in [0.05, 0.1) is 30.5 Å². The van der Waals surface area contributed by atoms with Gasteiger partial charge in [0.2, 0.25) is 26.0 Å². The Hall–Kier alpha value is -2.83. The molecule has 2 aromatic carbocycles. The van der Waals surface area contributed by atoms with Gasteiger partial charge in [-0.05, 0) is 55.8 Å². The topological polar surface area (TPSA) is 122 Å². The van der Waals surface area contributed by atoms with Gasteiger partial charge in [0.1, 0.15) is 24.1 Å². The van der Waals surface area contributed by atoms with Gasteiger partial charge in [-0.2, -0.15) is 0 Å². The number of methoxy groups -OCH3 is 1. The van der Waals surface area contributed by atoms with E-state index in [2.05, 4.69) is 5.32 Å². The number of sulfonamides is 2. The molecule has 0 aliphatic heterocycles. The lowest BCUT2D eigenvalue weighted by atomic mass is 10.2. The second-order valence-corrected chi connectivity index (χ2v) is 11.8. The first-order chi connectivity index (χ1) is 15.8. The van der Waals surface area contributed by atoms with E-state index in [9.17, 15) is 21.6 Å². The molecule has 188 valence electrons. The van der Waals surface area contributed by atoms with E-state index in [1.165, 1.54) is 52.4 Å². The molecule has 0 heterocycles. The second kappa shape index (κ2) is 11.1. The number of carbonyl (C=O) groups excluding carboxylic acids is 1. The Bertz CT molecular complexity index is 1210. The molecule has 1 N–H and O–H groups in total. The Kier molecular flexibility index (Phi) is 8.92. The van der Waals surface area contributed by atoms with E-state index >= 15 is 0 Å². The molecule has 2 aromatic rings. The first-order valence-corrected chi connectivity index (χ1v) is 13.6. The fourth-order valence-corrected chi connectivity index (χ4v) is 5.23. The number of carbonyl (C=O) groups is 1. The zero-order valence-electron chi connectivity index (χ0n) is 20.1. The van der Waals surface area contributed by atoms with Crippen molar-refractivity contribution in [2.24, 2.45) is 0 Å². The first kappa shape index (κ1) is 27.4. The summed E-state index contributed by atoms with van der Waals surface area (Å²) in [6.45, 7) is 3.52. The van der Waals surface area contributed by atoms with E-state index in [0.29, 0.717) is 11.5 Å². The van der Waals surface area contributed by atoms with Crippen molar-refractivity contribution in [1.29, 1.82) is 0 Å². The molecule has 0 fully saturated rings. The highest BCUT2D eigenvalue weighted by atomic mass is 32.2.